The molecule has 0 aliphatic carbocycles. The summed E-state index contributed by atoms with van der Waals surface area (Å²) in [7, 11) is -4.08. The fraction of sp³-hybridized carbons (Fsp3) is 0.233. The maximum atomic E-state index is 13.1. The van der Waals surface area contributed by atoms with E-state index in [9.17, 15) is 26.4 Å². The number of halogens is 3. The Kier molecular flexibility index (Phi) is 9.30. The van der Waals surface area contributed by atoms with Gasteiger partial charge in [-0.25, -0.2) is 18.4 Å². The summed E-state index contributed by atoms with van der Waals surface area (Å²) >= 11 is 0. The molecule has 1 aliphatic heterocycles. The highest BCUT2D eigenvalue weighted by Crippen LogP contribution is 2.34. The third kappa shape index (κ3) is 7.82. The SMILES string of the molecule is O=C(NCCN1CCN(c2ncccn2)CC1)c1ccc(S(=O)(=O)Nc2ccccc2Oc2ccc(C(F)(F)F)cc2)cc1. The molecular weight excluding hydrogens is 597 g/mol. The number of amides is 1. The van der Waals surface area contributed by atoms with Crippen LogP contribution in [0.1, 0.15) is 15.9 Å². The lowest BCUT2D eigenvalue weighted by atomic mass is 10.2. The number of benzene rings is 3. The number of aromatic nitrogens is 2. The van der Waals surface area contributed by atoms with Crippen molar-refractivity contribution in [1.29, 1.82) is 0 Å². The number of nitrogens with one attached hydrogen (secondary N) is 2. The number of nitrogens with zero attached hydrogens (tertiary/aromatic N) is 4. The Morgan fingerprint density at radius 3 is 2.18 bits per heavy atom. The number of hydrogen-bond acceptors (Lipinski definition) is 8. The van der Waals surface area contributed by atoms with E-state index < -0.39 is 21.8 Å². The van der Waals surface area contributed by atoms with Crippen LogP contribution >= 0.6 is 0 Å². The number of rotatable bonds is 10. The van der Waals surface area contributed by atoms with Crippen molar-refractivity contribution < 1.29 is 31.1 Å². The lowest BCUT2D eigenvalue weighted by Gasteiger charge is -2.34. The van der Waals surface area contributed by atoms with E-state index in [2.05, 4.69) is 29.8 Å². The molecule has 14 heteroatoms. The van der Waals surface area contributed by atoms with Gasteiger partial charge in [0.15, 0.2) is 5.75 Å². The second kappa shape index (κ2) is 13.3. The summed E-state index contributed by atoms with van der Waals surface area (Å²) in [6, 6.07) is 17.5. The molecule has 0 bridgehead atoms. The highest BCUT2D eigenvalue weighted by atomic mass is 32.2. The van der Waals surface area contributed by atoms with Crippen LogP contribution in [0.15, 0.2) is 96.2 Å². The number of alkyl halides is 3. The molecule has 230 valence electrons. The molecule has 1 saturated heterocycles. The average molecular weight is 627 g/mol. The van der Waals surface area contributed by atoms with Crippen LogP contribution in [-0.2, 0) is 16.2 Å². The molecule has 3 aromatic carbocycles. The van der Waals surface area contributed by atoms with Crippen LogP contribution in [0.3, 0.4) is 0 Å². The van der Waals surface area contributed by atoms with Gasteiger partial charge in [0.25, 0.3) is 15.9 Å². The number of para-hydroxylation sites is 2. The van der Waals surface area contributed by atoms with E-state index in [-0.39, 0.29) is 28.0 Å². The molecular formula is C30H29F3N6O4S. The highest BCUT2D eigenvalue weighted by Gasteiger charge is 2.30. The third-order valence-corrected chi connectivity index (χ3v) is 8.27. The molecule has 10 nitrogen and oxygen atoms in total. The van der Waals surface area contributed by atoms with E-state index in [0.29, 0.717) is 24.6 Å². The number of ether oxygens (including phenoxy) is 1. The number of hydrogen-bond donors (Lipinski definition) is 2. The summed E-state index contributed by atoms with van der Waals surface area (Å²) in [4.78, 5) is 25.5. The Morgan fingerprint density at radius 2 is 1.52 bits per heavy atom. The summed E-state index contributed by atoms with van der Waals surface area (Å²) < 4.78 is 72.9. The number of carbonyl (C=O) groups excluding carboxylic acids is 1. The Morgan fingerprint density at radius 1 is 0.864 bits per heavy atom. The maximum Gasteiger partial charge on any atom is 0.416 e. The van der Waals surface area contributed by atoms with E-state index in [1.165, 1.54) is 36.4 Å². The van der Waals surface area contributed by atoms with Crippen molar-refractivity contribution in [2.45, 2.75) is 11.1 Å². The molecule has 0 unspecified atom stereocenters. The zero-order chi connectivity index (χ0) is 31.2. The standard InChI is InChI=1S/C30H29F3N6O4S/c31-30(32,33)23-8-10-24(11-9-23)43-27-5-2-1-4-26(27)37-44(41,42)25-12-6-22(7-13-25)28(40)34-16-17-38-18-20-39(21-19-38)29-35-14-3-15-36-29/h1-15,37H,16-21H2,(H,34,40). The molecule has 1 fully saturated rings. The Hall–Kier alpha value is -4.69. The monoisotopic (exact) mass is 626 g/mol. The van der Waals surface area contributed by atoms with E-state index in [0.717, 1.165) is 50.4 Å². The van der Waals surface area contributed by atoms with Crippen LogP contribution in [0.5, 0.6) is 11.5 Å². The van der Waals surface area contributed by atoms with Gasteiger partial charge in [-0.2, -0.15) is 13.2 Å². The second-order valence-corrected chi connectivity index (χ2v) is 11.6. The minimum atomic E-state index is -4.49. The zero-order valence-corrected chi connectivity index (χ0v) is 24.2. The molecule has 0 atom stereocenters. The van der Waals surface area contributed by atoms with Gasteiger partial charge in [0.1, 0.15) is 5.75 Å². The van der Waals surface area contributed by atoms with Gasteiger partial charge in [0, 0.05) is 57.2 Å². The van der Waals surface area contributed by atoms with Crippen LogP contribution < -0.4 is 19.7 Å². The van der Waals surface area contributed by atoms with Crippen molar-refractivity contribution in [3.05, 3.63) is 102 Å². The topological polar surface area (TPSA) is 117 Å². The van der Waals surface area contributed by atoms with Crippen LogP contribution in [0.25, 0.3) is 0 Å². The first-order valence-electron chi connectivity index (χ1n) is 13.7. The van der Waals surface area contributed by atoms with Gasteiger partial charge in [-0.05, 0) is 66.7 Å². The van der Waals surface area contributed by atoms with Gasteiger partial charge in [0.2, 0.25) is 5.95 Å². The van der Waals surface area contributed by atoms with Gasteiger partial charge in [0.05, 0.1) is 16.1 Å². The van der Waals surface area contributed by atoms with Crippen LogP contribution in [0.2, 0.25) is 0 Å². The molecule has 4 aromatic rings. The van der Waals surface area contributed by atoms with Crippen LogP contribution in [-0.4, -0.2) is 68.5 Å². The fourth-order valence-electron chi connectivity index (χ4n) is 4.52. The molecule has 2 N–H and O–H groups in total. The Balaban J connectivity index is 1.13. The molecule has 5 rings (SSSR count). The molecule has 1 amide bonds. The van der Waals surface area contributed by atoms with Gasteiger partial charge < -0.3 is 15.0 Å². The minimum Gasteiger partial charge on any atom is -0.455 e. The van der Waals surface area contributed by atoms with Gasteiger partial charge >= 0.3 is 6.18 Å². The van der Waals surface area contributed by atoms with Crippen molar-refractivity contribution in [2.24, 2.45) is 0 Å². The fourth-order valence-corrected chi connectivity index (χ4v) is 5.59. The quantitative estimate of drug-likeness (QED) is 0.262. The molecule has 2 heterocycles. The maximum absolute atomic E-state index is 13.1. The van der Waals surface area contributed by atoms with Crippen molar-refractivity contribution >= 4 is 27.6 Å². The van der Waals surface area contributed by atoms with E-state index >= 15 is 0 Å². The number of carbonyl (C=O) groups is 1. The lowest BCUT2D eigenvalue weighted by Crippen LogP contribution is -2.49. The summed E-state index contributed by atoms with van der Waals surface area (Å²) in [5, 5.41) is 2.87. The number of piperazine rings is 1. The summed E-state index contributed by atoms with van der Waals surface area (Å²) in [6.45, 7) is 4.29. The Bertz CT molecular complexity index is 1660. The van der Waals surface area contributed by atoms with E-state index in [4.69, 9.17) is 4.74 Å². The van der Waals surface area contributed by atoms with E-state index in [1.807, 2.05) is 0 Å². The molecule has 44 heavy (non-hydrogen) atoms. The molecule has 1 aromatic heterocycles. The largest absolute Gasteiger partial charge is 0.455 e. The second-order valence-electron chi connectivity index (χ2n) is 9.88. The van der Waals surface area contributed by atoms with Crippen LogP contribution in [0.4, 0.5) is 24.8 Å². The average Bonchev–Trinajstić information content (AvgIpc) is 3.02. The zero-order valence-electron chi connectivity index (χ0n) is 23.4. The predicted octanol–water partition coefficient (Wildman–Crippen LogP) is 4.64. The third-order valence-electron chi connectivity index (χ3n) is 6.89. The van der Waals surface area contributed by atoms with Crippen LogP contribution in [0, 0.1) is 0 Å². The van der Waals surface area contributed by atoms with Crippen molar-refractivity contribution in [1.82, 2.24) is 20.2 Å². The number of anilines is 2. The van der Waals surface area contributed by atoms with Crippen molar-refractivity contribution in [3.63, 3.8) is 0 Å². The number of sulfonamides is 1. The van der Waals surface area contributed by atoms with Gasteiger partial charge in [-0.15, -0.1) is 0 Å². The normalized spacial score (nSPS) is 14.2. The first-order chi connectivity index (χ1) is 21.1. The molecule has 0 saturated carbocycles. The first-order valence-corrected chi connectivity index (χ1v) is 15.2. The van der Waals surface area contributed by atoms with Crippen molar-refractivity contribution in [2.75, 3.05) is 48.9 Å². The molecule has 1 aliphatic rings. The summed E-state index contributed by atoms with van der Waals surface area (Å²) in [5.74, 6) is 0.580. The smallest absolute Gasteiger partial charge is 0.416 e. The molecule has 0 spiro atoms. The first kappa shape index (κ1) is 30.8. The predicted molar refractivity (Wildman–Crippen MR) is 158 cm³/mol. The van der Waals surface area contributed by atoms with Crippen molar-refractivity contribution in [3.8, 4) is 11.5 Å². The van der Waals surface area contributed by atoms with E-state index in [1.54, 1.807) is 30.6 Å². The van der Waals surface area contributed by atoms with Gasteiger partial charge in [-0.1, -0.05) is 12.1 Å². The Labute approximate surface area is 252 Å². The minimum absolute atomic E-state index is 0.0846. The van der Waals surface area contributed by atoms with Gasteiger partial charge in [-0.3, -0.25) is 14.4 Å². The highest BCUT2D eigenvalue weighted by molar-refractivity contribution is 7.92. The summed E-state index contributed by atoms with van der Waals surface area (Å²) in [5.41, 5.74) is -0.433. The summed E-state index contributed by atoms with van der Waals surface area (Å²) in [6.07, 6.45) is -1.06. The molecule has 0 radical (unpaired) electrons. The lowest BCUT2D eigenvalue weighted by molar-refractivity contribution is -0.137.